The molecule has 0 amide bonds. The number of carboxylic acids is 1. The van der Waals surface area contributed by atoms with E-state index in [1.807, 2.05) is 0 Å². The van der Waals surface area contributed by atoms with Crippen LogP contribution in [0.2, 0.25) is 0 Å². The predicted octanol–water partition coefficient (Wildman–Crippen LogP) is -1.42. The summed E-state index contributed by atoms with van der Waals surface area (Å²) in [6.07, 6.45) is 5.47. The van der Waals surface area contributed by atoms with Gasteiger partial charge in [-0.1, -0.05) is 0 Å². The summed E-state index contributed by atoms with van der Waals surface area (Å²) in [6, 6.07) is 0.368. The number of nitrogens with one attached hydrogen (secondary N) is 1. The van der Waals surface area contributed by atoms with Gasteiger partial charge in [-0.3, -0.25) is 0 Å². The minimum absolute atomic E-state index is 0.163. The van der Waals surface area contributed by atoms with Crippen molar-refractivity contribution >= 4 is 5.97 Å². The summed E-state index contributed by atoms with van der Waals surface area (Å²) in [5, 5.41) is 10.9. The highest BCUT2D eigenvalue weighted by Crippen LogP contribution is 2.19. The van der Waals surface area contributed by atoms with Crippen LogP contribution in [0.25, 0.3) is 0 Å². The van der Waals surface area contributed by atoms with Gasteiger partial charge >= 0.3 is 0 Å². The average Bonchev–Trinajstić information content (AvgIpc) is 2.17. The first-order valence-corrected chi connectivity index (χ1v) is 5.34. The summed E-state index contributed by atoms with van der Waals surface area (Å²) in [5.41, 5.74) is 0. The van der Waals surface area contributed by atoms with Crippen LogP contribution in [0.1, 0.15) is 32.1 Å². The summed E-state index contributed by atoms with van der Waals surface area (Å²) in [7, 11) is 0. The number of rotatable bonds is 1. The van der Waals surface area contributed by atoms with Crippen LogP contribution in [0.15, 0.2) is 0 Å². The topological polar surface area (TPSA) is 44.6 Å². The lowest BCUT2D eigenvalue weighted by Gasteiger charge is -2.41. The Bertz CT molecular complexity index is 203. The molecule has 0 aromatic rings. The molecule has 2 fully saturated rings. The molecule has 2 heterocycles. The number of hydrogen-bond acceptors (Lipinski definition) is 2. The Labute approximate surface area is 78.7 Å². The SMILES string of the molecule is O=C([O-])[C@H]1CCC[NH+]2CCCC[C@@H]12. The van der Waals surface area contributed by atoms with E-state index in [2.05, 4.69) is 0 Å². The molecular formula is C10H17NO2. The normalized spacial score (nSPS) is 39.5. The van der Waals surface area contributed by atoms with Gasteiger partial charge in [-0.15, -0.1) is 0 Å². The van der Waals surface area contributed by atoms with E-state index >= 15 is 0 Å². The average molecular weight is 183 g/mol. The highest BCUT2D eigenvalue weighted by Gasteiger charge is 2.36. The second kappa shape index (κ2) is 3.66. The van der Waals surface area contributed by atoms with Crippen molar-refractivity contribution in [2.45, 2.75) is 38.1 Å². The Morgan fingerprint density at radius 2 is 1.92 bits per heavy atom. The monoisotopic (exact) mass is 183 g/mol. The van der Waals surface area contributed by atoms with Gasteiger partial charge in [0.15, 0.2) is 0 Å². The van der Waals surface area contributed by atoms with Crippen molar-refractivity contribution in [3.8, 4) is 0 Å². The molecule has 2 aliphatic rings. The lowest BCUT2D eigenvalue weighted by molar-refractivity contribution is -0.939. The van der Waals surface area contributed by atoms with Gasteiger partial charge in [0.1, 0.15) is 0 Å². The van der Waals surface area contributed by atoms with Gasteiger partial charge in [-0.05, 0) is 25.7 Å². The van der Waals surface area contributed by atoms with E-state index in [0.29, 0.717) is 6.04 Å². The Morgan fingerprint density at radius 3 is 2.69 bits per heavy atom. The maximum absolute atomic E-state index is 10.9. The highest BCUT2D eigenvalue weighted by atomic mass is 16.4. The van der Waals surface area contributed by atoms with Crippen LogP contribution in [-0.2, 0) is 4.79 Å². The number of fused-ring (bicyclic) bond motifs is 1. The Hall–Kier alpha value is -0.570. The van der Waals surface area contributed by atoms with E-state index in [0.717, 1.165) is 19.3 Å². The van der Waals surface area contributed by atoms with Crippen molar-refractivity contribution in [2.75, 3.05) is 13.1 Å². The van der Waals surface area contributed by atoms with E-state index in [1.54, 1.807) is 0 Å². The van der Waals surface area contributed by atoms with E-state index in [9.17, 15) is 9.90 Å². The fourth-order valence-electron chi connectivity index (χ4n) is 2.93. The van der Waals surface area contributed by atoms with Crippen LogP contribution in [-0.4, -0.2) is 25.1 Å². The van der Waals surface area contributed by atoms with Crippen molar-refractivity contribution in [2.24, 2.45) is 5.92 Å². The molecule has 0 saturated carbocycles. The largest absolute Gasteiger partial charge is 0.550 e. The molecule has 2 rings (SSSR count). The third kappa shape index (κ3) is 1.70. The molecule has 0 aliphatic carbocycles. The zero-order valence-electron chi connectivity index (χ0n) is 7.92. The zero-order valence-corrected chi connectivity index (χ0v) is 7.92. The van der Waals surface area contributed by atoms with Crippen LogP contribution in [0.4, 0.5) is 0 Å². The fourth-order valence-corrected chi connectivity index (χ4v) is 2.93. The van der Waals surface area contributed by atoms with Gasteiger partial charge in [0, 0.05) is 6.42 Å². The summed E-state index contributed by atoms with van der Waals surface area (Å²) in [5.74, 6) is -0.979. The van der Waals surface area contributed by atoms with Crippen LogP contribution in [0, 0.1) is 5.92 Å². The molecule has 13 heavy (non-hydrogen) atoms. The molecule has 1 unspecified atom stereocenters. The highest BCUT2D eigenvalue weighted by molar-refractivity contribution is 5.68. The lowest BCUT2D eigenvalue weighted by atomic mass is 9.84. The molecule has 3 heteroatoms. The van der Waals surface area contributed by atoms with Crippen LogP contribution in [0.3, 0.4) is 0 Å². The second-order valence-electron chi connectivity index (χ2n) is 4.33. The number of carbonyl (C=O) groups excluding carboxylic acids is 1. The van der Waals surface area contributed by atoms with Crippen molar-refractivity contribution in [1.82, 2.24) is 0 Å². The van der Waals surface area contributed by atoms with Crippen molar-refractivity contribution in [1.29, 1.82) is 0 Å². The van der Waals surface area contributed by atoms with Crippen LogP contribution in [0.5, 0.6) is 0 Å². The molecule has 0 radical (unpaired) electrons. The molecule has 0 aromatic heterocycles. The maximum atomic E-state index is 10.9. The van der Waals surface area contributed by atoms with Gasteiger partial charge in [-0.2, -0.15) is 0 Å². The quantitative estimate of drug-likeness (QED) is 0.542. The van der Waals surface area contributed by atoms with Crippen LogP contribution >= 0.6 is 0 Å². The summed E-state index contributed by atoms with van der Waals surface area (Å²) in [6.45, 7) is 2.35. The molecule has 0 bridgehead atoms. The number of carbonyl (C=O) groups is 1. The van der Waals surface area contributed by atoms with Crippen molar-refractivity contribution < 1.29 is 14.8 Å². The van der Waals surface area contributed by atoms with E-state index in [-0.39, 0.29) is 5.92 Å². The summed E-state index contributed by atoms with van der Waals surface area (Å²) in [4.78, 5) is 12.4. The minimum Gasteiger partial charge on any atom is -0.550 e. The first-order valence-electron chi connectivity index (χ1n) is 5.34. The number of hydrogen-bond donors (Lipinski definition) is 1. The molecule has 3 atom stereocenters. The van der Waals surface area contributed by atoms with Gasteiger partial charge in [0.2, 0.25) is 0 Å². The zero-order chi connectivity index (χ0) is 9.26. The van der Waals surface area contributed by atoms with Gasteiger partial charge in [0.25, 0.3) is 0 Å². The Morgan fingerprint density at radius 1 is 1.15 bits per heavy atom. The number of carboxylic acid groups (broad SMARTS) is 1. The Balaban J connectivity index is 2.06. The molecule has 0 spiro atoms. The van der Waals surface area contributed by atoms with E-state index < -0.39 is 5.97 Å². The Kier molecular flexibility index (Phi) is 2.54. The number of piperidine rings is 2. The fraction of sp³-hybridized carbons (Fsp3) is 0.900. The number of aliphatic carboxylic acids is 1. The predicted molar refractivity (Wildman–Crippen MR) is 46.1 cm³/mol. The maximum Gasteiger partial charge on any atom is 0.0956 e. The molecular weight excluding hydrogens is 166 g/mol. The van der Waals surface area contributed by atoms with Gasteiger partial charge < -0.3 is 14.8 Å². The standard InChI is InChI=1S/C10H17NO2/c12-10(13)8-4-3-7-11-6-2-1-5-9(8)11/h8-9H,1-7H2,(H,12,13)/t8-,9-/m0/s1. The molecule has 74 valence electrons. The van der Waals surface area contributed by atoms with E-state index in [4.69, 9.17) is 0 Å². The molecule has 3 nitrogen and oxygen atoms in total. The molecule has 0 aromatic carbocycles. The first-order chi connectivity index (χ1) is 6.29. The second-order valence-corrected chi connectivity index (χ2v) is 4.33. The van der Waals surface area contributed by atoms with Crippen molar-refractivity contribution in [3.63, 3.8) is 0 Å². The molecule has 1 N–H and O–H groups in total. The minimum atomic E-state index is -0.816. The summed E-state index contributed by atoms with van der Waals surface area (Å²) < 4.78 is 0. The lowest BCUT2D eigenvalue weighted by Crippen LogP contribution is -3.18. The smallest absolute Gasteiger partial charge is 0.0956 e. The number of quaternary nitrogens is 1. The summed E-state index contributed by atoms with van der Waals surface area (Å²) >= 11 is 0. The third-order valence-electron chi connectivity index (χ3n) is 3.59. The van der Waals surface area contributed by atoms with Gasteiger partial charge in [0.05, 0.1) is 31.0 Å². The van der Waals surface area contributed by atoms with E-state index in [1.165, 1.54) is 30.8 Å². The first kappa shape index (κ1) is 9.00. The van der Waals surface area contributed by atoms with Gasteiger partial charge in [-0.25, -0.2) is 0 Å². The third-order valence-corrected chi connectivity index (χ3v) is 3.59. The molecule has 2 saturated heterocycles. The molecule has 2 aliphatic heterocycles. The van der Waals surface area contributed by atoms with Crippen molar-refractivity contribution in [3.05, 3.63) is 0 Å². The van der Waals surface area contributed by atoms with Crippen LogP contribution < -0.4 is 10.0 Å².